The van der Waals surface area contributed by atoms with Crippen LogP contribution in [0, 0.1) is 0 Å². The molecule has 2 rings (SSSR count). The molecule has 2 aromatic carbocycles. The van der Waals surface area contributed by atoms with Crippen LogP contribution in [0.4, 0.5) is 0 Å². The SMILES string of the molecule is O=C(OCc1ccccc1Cl)c1cccc(Cl)c1. The van der Waals surface area contributed by atoms with E-state index in [0.717, 1.165) is 5.56 Å². The predicted molar refractivity (Wildman–Crippen MR) is 72.0 cm³/mol. The first-order valence-corrected chi connectivity index (χ1v) is 6.08. The van der Waals surface area contributed by atoms with Gasteiger partial charge in [0.2, 0.25) is 0 Å². The Morgan fingerprint density at radius 3 is 2.56 bits per heavy atom. The maximum absolute atomic E-state index is 11.8. The van der Waals surface area contributed by atoms with Crippen molar-refractivity contribution in [3.05, 3.63) is 69.7 Å². The van der Waals surface area contributed by atoms with E-state index in [2.05, 4.69) is 0 Å². The zero-order chi connectivity index (χ0) is 13.0. The summed E-state index contributed by atoms with van der Waals surface area (Å²) in [5.41, 5.74) is 1.20. The van der Waals surface area contributed by atoms with Gasteiger partial charge in [0.05, 0.1) is 5.56 Å². The van der Waals surface area contributed by atoms with Crippen molar-refractivity contribution in [2.45, 2.75) is 6.61 Å². The first kappa shape index (κ1) is 12.9. The van der Waals surface area contributed by atoms with Crippen LogP contribution in [0.1, 0.15) is 15.9 Å². The molecule has 0 saturated carbocycles. The van der Waals surface area contributed by atoms with Crippen molar-refractivity contribution in [1.29, 1.82) is 0 Å². The minimum atomic E-state index is -0.419. The van der Waals surface area contributed by atoms with Gasteiger partial charge in [-0.2, -0.15) is 0 Å². The fourth-order valence-electron chi connectivity index (χ4n) is 1.46. The van der Waals surface area contributed by atoms with Crippen LogP contribution in [0.3, 0.4) is 0 Å². The molecule has 2 aromatic rings. The molecule has 0 aromatic heterocycles. The van der Waals surface area contributed by atoms with Crippen molar-refractivity contribution < 1.29 is 9.53 Å². The molecule has 18 heavy (non-hydrogen) atoms. The van der Waals surface area contributed by atoms with E-state index in [1.807, 2.05) is 18.2 Å². The van der Waals surface area contributed by atoms with E-state index in [0.29, 0.717) is 15.6 Å². The minimum Gasteiger partial charge on any atom is -0.457 e. The summed E-state index contributed by atoms with van der Waals surface area (Å²) in [7, 11) is 0. The Morgan fingerprint density at radius 2 is 1.83 bits per heavy atom. The van der Waals surface area contributed by atoms with Crippen molar-refractivity contribution in [1.82, 2.24) is 0 Å². The molecule has 0 amide bonds. The first-order valence-electron chi connectivity index (χ1n) is 5.33. The number of carbonyl (C=O) groups is 1. The standard InChI is InChI=1S/C14H10Cl2O2/c15-12-6-3-5-10(8-12)14(17)18-9-11-4-1-2-7-13(11)16/h1-8H,9H2. The number of hydrogen-bond acceptors (Lipinski definition) is 2. The van der Waals surface area contributed by atoms with E-state index in [-0.39, 0.29) is 6.61 Å². The minimum absolute atomic E-state index is 0.144. The molecular weight excluding hydrogens is 271 g/mol. The fourth-order valence-corrected chi connectivity index (χ4v) is 1.84. The highest BCUT2D eigenvalue weighted by molar-refractivity contribution is 6.31. The molecule has 0 bridgehead atoms. The molecule has 92 valence electrons. The molecule has 0 heterocycles. The predicted octanol–water partition coefficient (Wildman–Crippen LogP) is 4.35. The van der Waals surface area contributed by atoms with Gasteiger partial charge in [-0.05, 0) is 24.3 Å². The third kappa shape index (κ3) is 3.25. The van der Waals surface area contributed by atoms with E-state index in [1.165, 1.54) is 0 Å². The van der Waals surface area contributed by atoms with Crippen LogP contribution >= 0.6 is 23.2 Å². The largest absolute Gasteiger partial charge is 0.457 e. The first-order chi connectivity index (χ1) is 8.66. The number of carbonyl (C=O) groups excluding carboxylic acids is 1. The van der Waals surface area contributed by atoms with Gasteiger partial charge in [0.1, 0.15) is 6.61 Å². The number of benzene rings is 2. The molecule has 0 aliphatic carbocycles. The average molecular weight is 281 g/mol. The molecule has 0 radical (unpaired) electrons. The van der Waals surface area contributed by atoms with Crippen LogP contribution in [-0.2, 0) is 11.3 Å². The van der Waals surface area contributed by atoms with Crippen LogP contribution in [0.15, 0.2) is 48.5 Å². The van der Waals surface area contributed by atoms with Crippen molar-refractivity contribution >= 4 is 29.2 Å². The summed E-state index contributed by atoms with van der Waals surface area (Å²) in [4.78, 5) is 11.8. The summed E-state index contributed by atoms with van der Waals surface area (Å²) in [5, 5.41) is 1.08. The van der Waals surface area contributed by atoms with Gasteiger partial charge >= 0.3 is 5.97 Å². The Kier molecular flexibility index (Phi) is 4.24. The third-order valence-electron chi connectivity index (χ3n) is 2.38. The summed E-state index contributed by atoms with van der Waals surface area (Å²) < 4.78 is 5.17. The van der Waals surface area contributed by atoms with E-state index < -0.39 is 5.97 Å². The molecule has 0 saturated heterocycles. The summed E-state index contributed by atoms with van der Waals surface area (Å²) in [6, 6.07) is 13.9. The maximum Gasteiger partial charge on any atom is 0.338 e. The maximum atomic E-state index is 11.8. The second-order valence-corrected chi connectivity index (χ2v) is 4.52. The second kappa shape index (κ2) is 5.89. The molecule has 0 fully saturated rings. The van der Waals surface area contributed by atoms with Gasteiger partial charge in [-0.25, -0.2) is 4.79 Å². The Morgan fingerprint density at radius 1 is 1.06 bits per heavy atom. The lowest BCUT2D eigenvalue weighted by Gasteiger charge is -2.06. The molecule has 0 spiro atoms. The Labute approximate surface area is 115 Å². The van der Waals surface area contributed by atoms with Crippen LogP contribution < -0.4 is 0 Å². The Bertz CT molecular complexity index is 567. The normalized spacial score (nSPS) is 10.1. The van der Waals surface area contributed by atoms with Gasteiger partial charge < -0.3 is 4.74 Å². The third-order valence-corrected chi connectivity index (χ3v) is 2.98. The van der Waals surface area contributed by atoms with Crippen molar-refractivity contribution in [2.75, 3.05) is 0 Å². The second-order valence-electron chi connectivity index (χ2n) is 3.68. The molecule has 4 heteroatoms. The molecule has 0 unspecified atom stereocenters. The highest BCUT2D eigenvalue weighted by atomic mass is 35.5. The van der Waals surface area contributed by atoms with Gasteiger partial charge in [-0.15, -0.1) is 0 Å². The zero-order valence-electron chi connectivity index (χ0n) is 9.40. The summed E-state index contributed by atoms with van der Waals surface area (Å²) in [6.07, 6.45) is 0. The van der Waals surface area contributed by atoms with Crippen molar-refractivity contribution in [3.8, 4) is 0 Å². The molecule has 0 atom stereocenters. The highest BCUT2D eigenvalue weighted by Crippen LogP contribution is 2.17. The van der Waals surface area contributed by atoms with Crippen molar-refractivity contribution in [3.63, 3.8) is 0 Å². The number of esters is 1. The quantitative estimate of drug-likeness (QED) is 0.782. The zero-order valence-corrected chi connectivity index (χ0v) is 10.9. The molecule has 0 aliphatic heterocycles. The number of hydrogen-bond donors (Lipinski definition) is 0. The Hall–Kier alpha value is -1.51. The topological polar surface area (TPSA) is 26.3 Å². The van der Waals surface area contributed by atoms with Crippen LogP contribution in [0.25, 0.3) is 0 Å². The van der Waals surface area contributed by atoms with E-state index in [4.69, 9.17) is 27.9 Å². The monoisotopic (exact) mass is 280 g/mol. The van der Waals surface area contributed by atoms with E-state index in [1.54, 1.807) is 30.3 Å². The Balaban J connectivity index is 2.03. The van der Waals surface area contributed by atoms with Gasteiger partial charge in [-0.1, -0.05) is 47.5 Å². The van der Waals surface area contributed by atoms with Gasteiger partial charge in [0.25, 0.3) is 0 Å². The average Bonchev–Trinajstić information content (AvgIpc) is 2.37. The van der Waals surface area contributed by atoms with E-state index in [9.17, 15) is 4.79 Å². The lowest BCUT2D eigenvalue weighted by molar-refractivity contribution is 0.0473. The van der Waals surface area contributed by atoms with Crippen LogP contribution in [0.2, 0.25) is 10.0 Å². The summed E-state index contributed by atoms with van der Waals surface area (Å²) in [6.45, 7) is 0.144. The van der Waals surface area contributed by atoms with Gasteiger partial charge in [0, 0.05) is 15.6 Å². The van der Waals surface area contributed by atoms with Crippen molar-refractivity contribution in [2.24, 2.45) is 0 Å². The number of halogens is 2. The molecule has 0 aliphatic rings. The molecule has 2 nitrogen and oxygen atoms in total. The smallest absolute Gasteiger partial charge is 0.338 e. The number of ether oxygens (including phenoxy) is 1. The lowest BCUT2D eigenvalue weighted by Crippen LogP contribution is -2.05. The highest BCUT2D eigenvalue weighted by Gasteiger charge is 2.08. The summed E-state index contributed by atoms with van der Waals surface area (Å²) in [5.74, 6) is -0.419. The van der Waals surface area contributed by atoms with E-state index >= 15 is 0 Å². The molecular formula is C14H10Cl2O2. The van der Waals surface area contributed by atoms with Crippen LogP contribution in [0.5, 0.6) is 0 Å². The van der Waals surface area contributed by atoms with Crippen LogP contribution in [-0.4, -0.2) is 5.97 Å². The summed E-state index contributed by atoms with van der Waals surface area (Å²) >= 11 is 11.8. The van der Waals surface area contributed by atoms with Gasteiger partial charge in [-0.3, -0.25) is 0 Å². The lowest BCUT2D eigenvalue weighted by atomic mass is 10.2. The fraction of sp³-hybridized carbons (Fsp3) is 0.0714. The molecule has 0 N–H and O–H groups in total. The van der Waals surface area contributed by atoms with Gasteiger partial charge in [0.15, 0.2) is 0 Å². The number of rotatable bonds is 3.